The Morgan fingerprint density at radius 1 is 1.00 bits per heavy atom. The van der Waals surface area contributed by atoms with Gasteiger partial charge < -0.3 is 14.8 Å². The van der Waals surface area contributed by atoms with E-state index in [9.17, 15) is 13.2 Å². The summed E-state index contributed by atoms with van der Waals surface area (Å²) in [7, 11) is -2.00. The van der Waals surface area contributed by atoms with Crippen molar-refractivity contribution >= 4 is 38.9 Å². The predicted octanol–water partition coefficient (Wildman–Crippen LogP) is 3.20. The first kappa shape index (κ1) is 24.0. The number of amides is 1. The standard InChI is InChI=1S/C22H27N3O5S2/c1-29-18-9-11-19(12-10-18)30-15-21(26)24-22(31)23-16-7-13-20(14-8-16)32(27,28)25-17-5-3-2-4-6-17/h7-14,17,25H,2-6,15H2,1H3,(H2,23,24,26,31). The lowest BCUT2D eigenvalue weighted by molar-refractivity contribution is -0.121. The van der Waals surface area contributed by atoms with Crippen LogP contribution in [0.5, 0.6) is 11.5 Å². The number of nitrogens with one attached hydrogen (secondary N) is 3. The SMILES string of the molecule is COc1ccc(OCC(=O)NC(=S)Nc2ccc(S(=O)(=O)NC3CCCCC3)cc2)cc1. The lowest BCUT2D eigenvalue weighted by Crippen LogP contribution is -2.37. The van der Waals surface area contributed by atoms with Crippen LogP contribution in [-0.4, -0.2) is 39.2 Å². The quantitative estimate of drug-likeness (QED) is 0.502. The molecule has 1 amide bonds. The van der Waals surface area contributed by atoms with Crippen molar-refractivity contribution in [2.24, 2.45) is 0 Å². The summed E-state index contributed by atoms with van der Waals surface area (Å²) in [4.78, 5) is 12.2. The van der Waals surface area contributed by atoms with Gasteiger partial charge in [0, 0.05) is 11.7 Å². The fourth-order valence-electron chi connectivity index (χ4n) is 3.37. The van der Waals surface area contributed by atoms with Crippen molar-refractivity contribution in [3.8, 4) is 11.5 Å². The zero-order chi connectivity index (χ0) is 23.0. The Hall–Kier alpha value is -2.69. The Kier molecular flexibility index (Phi) is 8.43. The Balaban J connectivity index is 1.46. The van der Waals surface area contributed by atoms with E-state index in [1.54, 1.807) is 43.5 Å². The number of rotatable bonds is 8. The van der Waals surface area contributed by atoms with Crippen LogP contribution < -0.4 is 24.8 Å². The summed E-state index contributed by atoms with van der Waals surface area (Å²) < 4.78 is 38.4. The summed E-state index contributed by atoms with van der Waals surface area (Å²) in [5.74, 6) is 0.795. The van der Waals surface area contributed by atoms with E-state index in [1.165, 1.54) is 12.1 Å². The molecular formula is C22H27N3O5S2. The van der Waals surface area contributed by atoms with Gasteiger partial charge in [-0.2, -0.15) is 0 Å². The summed E-state index contributed by atoms with van der Waals surface area (Å²) in [5.41, 5.74) is 0.558. The molecule has 2 aromatic carbocycles. The average molecular weight is 478 g/mol. The van der Waals surface area contributed by atoms with E-state index >= 15 is 0 Å². The number of hydrogen-bond donors (Lipinski definition) is 3. The summed E-state index contributed by atoms with van der Waals surface area (Å²) in [5, 5.41) is 5.47. The second-order valence-corrected chi connectivity index (χ2v) is 9.57. The van der Waals surface area contributed by atoms with E-state index in [4.69, 9.17) is 21.7 Å². The number of carbonyl (C=O) groups is 1. The Morgan fingerprint density at radius 2 is 1.62 bits per heavy atom. The van der Waals surface area contributed by atoms with E-state index in [2.05, 4.69) is 15.4 Å². The number of sulfonamides is 1. The number of thiocarbonyl (C=S) groups is 1. The number of ether oxygens (including phenoxy) is 2. The van der Waals surface area contributed by atoms with Crippen molar-refractivity contribution in [3.05, 3.63) is 48.5 Å². The topological polar surface area (TPSA) is 106 Å². The molecule has 1 saturated carbocycles. The number of benzene rings is 2. The molecule has 0 aromatic heterocycles. The predicted molar refractivity (Wildman–Crippen MR) is 126 cm³/mol. The Morgan fingerprint density at radius 3 is 2.25 bits per heavy atom. The fourth-order valence-corrected chi connectivity index (χ4v) is 4.91. The molecule has 1 aliphatic carbocycles. The molecule has 0 saturated heterocycles. The summed E-state index contributed by atoms with van der Waals surface area (Å²) in [6.07, 6.45) is 4.99. The highest BCUT2D eigenvalue weighted by Gasteiger charge is 2.21. The Bertz CT molecular complexity index is 1020. The molecule has 1 fully saturated rings. The molecule has 8 nitrogen and oxygen atoms in total. The van der Waals surface area contributed by atoms with Crippen molar-refractivity contribution in [2.45, 2.75) is 43.0 Å². The van der Waals surface area contributed by atoms with Crippen molar-refractivity contribution in [2.75, 3.05) is 19.0 Å². The van der Waals surface area contributed by atoms with Gasteiger partial charge in [-0.25, -0.2) is 13.1 Å². The van der Waals surface area contributed by atoms with Crippen LogP contribution in [0, 0.1) is 0 Å². The first-order chi connectivity index (χ1) is 15.4. The van der Waals surface area contributed by atoms with E-state index < -0.39 is 15.9 Å². The highest BCUT2D eigenvalue weighted by atomic mass is 32.2. The van der Waals surface area contributed by atoms with Gasteiger partial charge in [0.1, 0.15) is 11.5 Å². The summed E-state index contributed by atoms with van der Waals surface area (Å²) in [6.45, 7) is -0.210. The second kappa shape index (κ2) is 11.3. The molecule has 3 rings (SSSR count). The molecule has 10 heteroatoms. The monoisotopic (exact) mass is 477 g/mol. The zero-order valence-electron chi connectivity index (χ0n) is 17.8. The van der Waals surface area contributed by atoms with Gasteiger partial charge in [-0.15, -0.1) is 0 Å². The maximum atomic E-state index is 12.6. The third-order valence-electron chi connectivity index (χ3n) is 5.03. The third kappa shape index (κ3) is 7.18. The number of hydrogen-bond acceptors (Lipinski definition) is 6. The smallest absolute Gasteiger partial charge is 0.264 e. The molecule has 2 aromatic rings. The first-order valence-electron chi connectivity index (χ1n) is 10.4. The van der Waals surface area contributed by atoms with Gasteiger partial charge in [0.2, 0.25) is 10.0 Å². The Labute approximate surface area is 193 Å². The van der Waals surface area contributed by atoms with Crippen molar-refractivity contribution in [3.63, 3.8) is 0 Å². The number of carbonyl (C=O) groups excluding carboxylic acids is 1. The highest BCUT2D eigenvalue weighted by molar-refractivity contribution is 7.89. The molecule has 0 unspecified atom stereocenters. The molecule has 172 valence electrons. The second-order valence-electron chi connectivity index (χ2n) is 7.45. The lowest BCUT2D eigenvalue weighted by atomic mass is 9.96. The average Bonchev–Trinajstić information content (AvgIpc) is 2.78. The first-order valence-corrected chi connectivity index (χ1v) is 12.2. The van der Waals surface area contributed by atoms with Crippen molar-refractivity contribution in [1.82, 2.24) is 10.0 Å². The van der Waals surface area contributed by atoms with Gasteiger partial charge in [-0.1, -0.05) is 19.3 Å². The van der Waals surface area contributed by atoms with Gasteiger partial charge in [0.15, 0.2) is 11.7 Å². The molecule has 1 aliphatic rings. The van der Waals surface area contributed by atoms with E-state index in [0.717, 1.165) is 32.1 Å². The van der Waals surface area contributed by atoms with Crippen LogP contribution in [0.15, 0.2) is 53.4 Å². The lowest BCUT2D eigenvalue weighted by Gasteiger charge is -2.22. The minimum atomic E-state index is -3.57. The van der Waals surface area contributed by atoms with Crippen molar-refractivity contribution < 1.29 is 22.7 Å². The van der Waals surface area contributed by atoms with Gasteiger partial charge in [0.05, 0.1) is 12.0 Å². The maximum Gasteiger partial charge on any atom is 0.264 e. The zero-order valence-corrected chi connectivity index (χ0v) is 19.4. The molecule has 0 bridgehead atoms. The van der Waals surface area contributed by atoms with E-state index in [-0.39, 0.29) is 22.7 Å². The molecule has 0 atom stereocenters. The van der Waals surface area contributed by atoms with Crippen LogP contribution >= 0.6 is 12.2 Å². The van der Waals surface area contributed by atoms with Gasteiger partial charge in [0.25, 0.3) is 5.91 Å². The van der Waals surface area contributed by atoms with Gasteiger partial charge in [-0.05, 0) is 73.6 Å². The highest BCUT2D eigenvalue weighted by Crippen LogP contribution is 2.21. The number of anilines is 1. The van der Waals surface area contributed by atoms with E-state index in [0.29, 0.717) is 17.2 Å². The minimum absolute atomic E-state index is 0.00512. The van der Waals surface area contributed by atoms with Crippen LogP contribution in [0.4, 0.5) is 5.69 Å². The fraction of sp³-hybridized carbons (Fsp3) is 0.364. The van der Waals surface area contributed by atoms with Crippen LogP contribution in [-0.2, 0) is 14.8 Å². The summed E-state index contributed by atoms with van der Waals surface area (Å²) in [6, 6.07) is 13.1. The van der Waals surface area contributed by atoms with Crippen LogP contribution in [0.3, 0.4) is 0 Å². The van der Waals surface area contributed by atoms with E-state index in [1.807, 2.05) is 0 Å². The summed E-state index contributed by atoms with van der Waals surface area (Å²) >= 11 is 5.14. The maximum absolute atomic E-state index is 12.6. The van der Waals surface area contributed by atoms with Crippen LogP contribution in [0.2, 0.25) is 0 Å². The van der Waals surface area contributed by atoms with Gasteiger partial charge >= 0.3 is 0 Å². The third-order valence-corrected chi connectivity index (χ3v) is 6.77. The van der Waals surface area contributed by atoms with Crippen LogP contribution in [0.25, 0.3) is 0 Å². The minimum Gasteiger partial charge on any atom is -0.497 e. The molecular weight excluding hydrogens is 450 g/mol. The molecule has 0 spiro atoms. The molecule has 32 heavy (non-hydrogen) atoms. The van der Waals surface area contributed by atoms with Crippen LogP contribution in [0.1, 0.15) is 32.1 Å². The van der Waals surface area contributed by atoms with Crippen molar-refractivity contribution in [1.29, 1.82) is 0 Å². The number of methoxy groups -OCH3 is 1. The normalized spacial score (nSPS) is 14.4. The largest absolute Gasteiger partial charge is 0.497 e. The molecule has 0 heterocycles. The van der Waals surface area contributed by atoms with Gasteiger partial charge in [-0.3, -0.25) is 10.1 Å². The molecule has 3 N–H and O–H groups in total. The molecule has 0 radical (unpaired) electrons. The molecule has 0 aliphatic heterocycles.